The van der Waals surface area contributed by atoms with Gasteiger partial charge in [-0.25, -0.2) is 13.4 Å². The number of ether oxygens (including phenoxy) is 2. The molecule has 1 spiro atoms. The van der Waals surface area contributed by atoms with Gasteiger partial charge in [0.2, 0.25) is 0 Å². The molecule has 0 unspecified atom stereocenters. The summed E-state index contributed by atoms with van der Waals surface area (Å²) in [5.74, 6) is 0.676. The fourth-order valence-electron chi connectivity index (χ4n) is 3.21. The Hall–Kier alpha value is -1.18. The van der Waals surface area contributed by atoms with Crippen molar-refractivity contribution in [2.75, 3.05) is 24.7 Å². The molecule has 1 saturated carbocycles. The molecule has 1 aliphatic carbocycles. The van der Waals surface area contributed by atoms with Crippen LogP contribution in [0.1, 0.15) is 32.6 Å². The molecule has 1 aliphatic heterocycles. The van der Waals surface area contributed by atoms with Gasteiger partial charge in [0.25, 0.3) is 0 Å². The highest BCUT2D eigenvalue weighted by Gasteiger charge is 2.43. The first-order chi connectivity index (χ1) is 10.9. The highest BCUT2D eigenvalue weighted by molar-refractivity contribution is 7.90. The molecule has 2 heterocycles. The number of anilines is 1. The monoisotopic (exact) mass is 340 g/mol. The minimum absolute atomic E-state index is 0.0853. The summed E-state index contributed by atoms with van der Waals surface area (Å²) in [4.78, 5) is 4.34. The quantitative estimate of drug-likeness (QED) is 0.905. The minimum atomic E-state index is -3.31. The third-order valence-electron chi connectivity index (χ3n) is 4.62. The summed E-state index contributed by atoms with van der Waals surface area (Å²) in [6.07, 6.45) is 6.79. The third-order valence-corrected chi connectivity index (χ3v) is 5.75. The van der Waals surface area contributed by atoms with E-state index >= 15 is 0 Å². The largest absolute Gasteiger partial charge is 0.366 e. The van der Waals surface area contributed by atoms with Crippen molar-refractivity contribution < 1.29 is 17.9 Å². The molecule has 0 bridgehead atoms. The Bertz CT molecular complexity index is 654. The van der Waals surface area contributed by atoms with E-state index in [1.165, 1.54) is 6.26 Å². The topological polar surface area (TPSA) is 77.5 Å². The Morgan fingerprint density at radius 3 is 2.83 bits per heavy atom. The van der Waals surface area contributed by atoms with Gasteiger partial charge in [-0.05, 0) is 30.9 Å². The molecule has 128 valence electrons. The second-order valence-electron chi connectivity index (χ2n) is 6.65. The number of hydrogen-bond donors (Lipinski definition) is 1. The van der Waals surface area contributed by atoms with E-state index in [1.54, 1.807) is 18.3 Å². The van der Waals surface area contributed by atoms with E-state index < -0.39 is 15.6 Å². The van der Waals surface area contributed by atoms with Crippen LogP contribution < -0.4 is 5.32 Å². The molecule has 1 N–H and O–H groups in total. The van der Waals surface area contributed by atoms with Gasteiger partial charge < -0.3 is 14.8 Å². The van der Waals surface area contributed by atoms with Crippen LogP contribution in [0.25, 0.3) is 0 Å². The van der Waals surface area contributed by atoms with Crippen molar-refractivity contribution >= 4 is 15.7 Å². The van der Waals surface area contributed by atoms with Crippen molar-refractivity contribution in [1.82, 2.24) is 4.98 Å². The Kier molecular flexibility index (Phi) is 4.62. The summed E-state index contributed by atoms with van der Waals surface area (Å²) in [5, 5.41) is 3.10. The molecule has 0 amide bonds. The lowest BCUT2D eigenvalue weighted by Crippen LogP contribution is -2.36. The zero-order valence-electron chi connectivity index (χ0n) is 13.6. The van der Waals surface area contributed by atoms with E-state index in [4.69, 9.17) is 9.47 Å². The average molecular weight is 340 g/mol. The van der Waals surface area contributed by atoms with Crippen molar-refractivity contribution in [3.63, 3.8) is 0 Å². The lowest BCUT2D eigenvalue weighted by molar-refractivity contribution is -0.190. The van der Waals surface area contributed by atoms with Crippen molar-refractivity contribution in [2.45, 2.75) is 49.4 Å². The SMILES string of the molecule is CC1CCC2(CC1)OC[C@@H](CNc1ncccc1S(C)(=O)=O)O2. The molecule has 23 heavy (non-hydrogen) atoms. The normalized spacial score (nSPS) is 31.4. The highest BCUT2D eigenvalue weighted by Crippen LogP contribution is 2.39. The number of nitrogens with zero attached hydrogens (tertiary/aromatic N) is 1. The van der Waals surface area contributed by atoms with Gasteiger partial charge in [-0.1, -0.05) is 6.92 Å². The number of hydrogen-bond acceptors (Lipinski definition) is 6. The molecule has 1 aromatic heterocycles. The smallest absolute Gasteiger partial charge is 0.179 e. The van der Waals surface area contributed by atoms with Crippen molar-refractivity contribution in [1.29, 1.82) is 0 Å². The molecule has 7 heteroatoms. The van der Waals surface area contributed by atoms with Crippen LogP contribution in [0.2, 0.25) is 0 Å². The van der Waals surface area contributed by atoms with Crippen LogP contribution in [0.15, 0.2) is 23.2 Å². The molecule has 2 fully saturated rings. The fraction of sp³-hybridized carbons (Fsp3) is 0.688. The Morgan fingerprint density at radius 1 is 1.39 bits per heavy atom. The average Bonchev–Trinajstić information content (AvgIpc) is 2.91. The van der Waals surface area contributed by atoms with Gasteiger partial charge in [0.15, 0.2) is 15.6 Å². The maximum absolute atomic E-state index is 11.8. The zero-order valence-corrected chi connectivity index (χ0v) is 14.4. The molecule has 6 nitrogen and oxygen atoms in total. The maximum Gasteiger partial charge on any atom is 0.179 e. The number of nitrogens with one attached hydrogen (secondary N) is 1. The molecule has 1 atom stereocenters. The second kappa shape index (κ2) is 6.37. The van der Waals surface area contributed by atoms with Crippen LogP contribution in [-0.4, -0.2) is 44.7 Å². The second-order valence-corrected chi connectivity index (χ2v) is 8.63. The summed E-state index contributed by atoms with van der Waals surface area (Å²) in [5.41, 5.74) is 0. The lowest BCUT2D eigenvalue weighted by atomic mass is 9.86. The van der Waals surface area contributed by atoms with Crippen LogP contribution in [-0.2, 0) is 19.3 Å². The zero-order chi connectivity index (χ0) is 16.5. The van der Waals surface area contributed by atoms with E-state index in [9.17, 15) is 8.42 Å². The fourth-order valence-corrected chi connectivity index (χ4v) is 4.02. The summed E-state index contributed by atoms with van der Waals surface area (Å²) < 4.78 is 35.6. The summed E-state index contributed by atoms with van der Waals surface area (Å²) in [7, 11) is -3.31. The summed E-state index contributed by atoms with van der Waals surface area (Å²) in [6.45, 7) is 3.27. The van der Waals surface area contributed by atoms with E-state index in [0.29, 0.717) is 19.0 Å². The number of pyridine rings is 1. The number of sulfone groups is 1. The van der Waals surface area contributed by atoms with Crippen LogP contribution in [0, 0.1) is 5.92 Å². The van der Waals surface area contributed by atoms with Crippen molar-refractivity contribution in [3.05, 3.63) is 18.3 Å². The minimum Gasteiger partial charge on any atom is -0.366 e. The predicted octanol–water partition coefficient (Wildman–Crippen LogP) is 2.22. The third kappa shape index (κ3) is 3.84. The molecular formula is C16H24N2O4S. The Labute approximate surface area is 137 Å². The van der Waals surface area contributed by atoms with Crippen LogP contribution in [0.4, 0.5) is 5.82 Å². The molecule has 3 rings (SSSR count). The van der Waals surface area contributed by atoms with Crippen molar-refractivity contribution in [3.8, 4) is 0 Å². The number of rotatable bonds is 4. The predicted molar refractivity (Wildman–Crippen MR) is 87.0 cm³/mol. The highest BCUT2D eigenvalue weighted by atomic mass is 32.2. The first kappa shape index (κ1) is 16.7. The summed E-state index contributed by atoms with van der Waals surface area (Å²) in [6, 6.07) is 3.18. The molecule has 1 saturated heterocycles. The number of aromatic nitrogens is 1. The van der Waals surface area contributed by atoms with Gasteiger partial charge in [-0.3, -0.25) is 0 Å². The summed E-state index contributed by atoms with van der Waals surface area (Å²) >= 11 is 0. The van der Waals surface area contributed by atoms with Gasteiger partial charge in [0, 0.05) is 31.8 Å². The van der Waals surface area contributed by atoms with Crippen LogP contribution >= 0.6 is 0 Å². The Balaban J connectivity index is 1.60. The van der Waals surface area contributed by atoms with E-state index in [1.807, 2.05) is 0 Å². The van der Waals surface area contributed by atoms with Crippen LogP contribution in [0.5, 0.6) is 0 Å². The van der Waals surface area contributed by atoms with E-state index in [-0.39, 0.29) is 11.0 Å². The van der Waals surface area contributed by atoms with E-state index in [0.717, 1.165) is 31.6 Å². The van der Waals surface area contributed by atoms with Gasteiger partial charge in [0.05, 0.1) is 6.61 Å². The van der Waals surface area contributed by atoms with E-state index in [2.05, 4.69) is 17.2 Å². The maximum atomic E-state index is 11.8. The van der Waals surface area contributed by atoms with Gasteiger partial charge in [-0.15, -0.1) is 0 Å². The van der Waals surface area contributed by atoms with Gasteiger partial charge in [-0.2, -0.15) is 0 Å². The Morgan fingerprint density at radius 2 is 2.13 bits per heavy atom. The first-order valence-electron chi connectivity index (χ1n) is 8.09. The molecule has 0 aromatic carbocycles. The van der Waals surface area contributed by atoms with Crippen molar-refractivity contribution in [2.24, 2.45) is 5.92 Å². The molecule has 1 aromatic rings. The van der Waals surface area contributed by atoms with Gasteiger partial charge in [0.1, 0.15) is 16.8 Å². The lowest BCUT2D eigenvalue weighted by Gasteiger charge is -2.34. The molecule has 2 aliphatic rings. The molecule has 0 radical (unpaired) electrons. The van der Waals surface area contributed by atoms with Gasteiger partial charge >= 0.3 is 0 Å². The standard InChI is InChI=1S/C16H24N2O4S/c1-12-5-7-16(8-6-12)21-11-13(22-16)10-18-15-14(23(2,19)20)4-3-9-17-15/h3-4,9,12-13H,5-8,10-11H2,1-2H3,(H,17,18)/t12?,13-,16?/m1/s1. The first-order valence-corrected chi connectivity index (χ1v) is 9.98. The molecular weight excluding hydrogens is 316 g/mol. The van der Waals surface area contributed by atoms with Crippen LogP contribution in [0.3, 0.4) is 0 Å².